The first-order chi connectivity index (χ1) is 8.25. The number of hydrogen-bond acceptors (Lipinski definition) is 5. The maximum absolute atomic E-state index is 11.5. The summed E-state index contributed by atoms with van der Waals surface area (Å²) in [5, 5.41) is 0. The third-order valence-electron chi connectivity index (χ3n) is 2.96. The number of methoxy groups -OCH3 is 1. The molecule has 0 amide bonds. The summed E-state index contributed by atoms with van der Waals surface area (Å²) in [5.41, 5.74) is 0. The van der Waals surface area contributed by atoms with E-state index in [4.69, 9.17) is 9.47 Å². The Morgan fingerprint density at radius 1 is 1.33 bits per heavy atom. The maximum atomic E-state index is 11.5. The number of carbonyl (C=O) groups excluding carboxylic acids is 2. The highest BCUT2D eigenvalue weighted by Gasteiger charge is 2.43. The van der Waals surface area contributed by atoms with Gasteiger partial charge in [0.2, 0.25) is 0 Å². The molecule has 104 valence electrons. The Morgan fingerprint density at radius 2 is 1.94 bits per heavy atom. The van der Waals surface area contributed by atoms with Crippen molar-refractivity contribution in [3.05, 3.63) is 0 Å². The van der Waals surface area contributed by atoms with Crippen molar-refractivity contribution in [1.29, 1.82) is 0 Å². The van der Waals surface area contributed by atoms with Crippen LogP contribution >= 0.6 is 0 Å². The average molecular weight is 258 g/mol. The topological polar surface area (TPSA) is 61.8 Å². The fourth-order valence-corrected chi connectivity index (χ4v) is 2.20. The molecule has 1 heterocycles. The molecule has 0 N–H and O–H groups in total. The van der Waals surface area contributed by atoms with Crippen molar-refractivity contribution >= 4 is 11.8 Å². The van der Waals surface area contributed by atoms with Gasteiger partial charge in [-0.25, -0.2) is 0 Å². The minimum Gasteiger partial charge on any atom is -0.469 e. The molecule has 1 rings (SSSR count). The molecule has 0 aromatic carbocycles. The van der Waals surface area contributed by atoms with Gasteiger partial charge in [-0.3, -0.25) is 9.59 Å². The quantitative estimate of drug-likeness (QED) is 0.702. The Balaban J connectivity index is 2.59. The Hall–Kier alpha value is -0.940. The molecule has 0 aliphatic carbocycles. The second kappa shape index (κ2) is 5.80. The first-order valence-electron chi connectivity index (χ1n) is 6.18. The normalized spacial score (nSPS) is 27.8. The Kier molecular flexibility index (Phi) is 4.87. The van der Waals surface area contributed by atoms with Crippen molar-refractivity contribution < 1.29 is 23.8 Å². The predicted octanol–water partition coefficient (Wildman–Crippen LogP) is 1.68. The van der Waals surface area contributed by atoms with E-state index in [-0.39, 0.29) is 23.8 Å². The first kappa shape index (κ1) is 15.1. The molecular weight excluding hydrogens is 236 g/mol. The third kappa shape index (κ3) is 4.07. The molecule has 5 heteroatoms. The van der Waals surface area contributed by atoms with Gasteiger partial charge < -0.3 is 14.2 Å². The van der Waals surface area contributed by atoms with Crippen molar-refractivity contribution in [3.63, 3.8) is 0 Å². The molecule has 18 heavy (non-hydrogen) atoms. The first-order valence-corrected chi connectivity index (χ1v) is 6.18. The summed E-state index contributed by atoms with van der Waals surface area (Å²) in [6.07, 6.45) is 0.0849. The highest BCUT2D eigenvalue weighted by molar-refractivity contribution is 5.81. The van der Waals surface area contributed by atoms with Crippen LogP contribution in [0.25, 0.3) is 0 Å². The summed E-state index contributed by atoms with van der Waals surface area (Å²) in [7, 11) is 1.37. The molecule has 0 aromatic rings. The fraction of sp³-hybridized carbons (Fsp3) is 0.846. The van der Waals surface area contributed by atoms with Gasteiger partial charge in [0.05, 0.1) is 13.2 Å². The van der Waals surface area contributed by atoms with Crippen LogP contribution in [-0.4, -0.2) is 36.9 Å². The number of rotatable bonds is 5. The summed E-state index contributed by atoms with van der Waals surface area (Å²) < 4.78 is 15.9. The van der Waals surface area contributed by atoms with Gasteiger partial charge in [-0.05, 0) is 33.1 Å². The second-order valence-electron chi connectivity index (χ2n) is 5.33. The molecule has 3 atom stereocenters. The molecule has 1 aliphatic heterocycles. The van der Waals surface area contributed by atoms with Gasteiger partial charge in [0.1, 0.15) is 6.10 Å². The molecular formula is C13H22O5. The molecule has 1 aliphatic rings. The number of esters is 1. The number of carbonyl (C=O) groups is 2. The fourth-order valence-electron chi connectivity index (χ4n) is 2.20. The molecule has 0 radical (unpaired) electrons. The van der Waals surface area contributed by atoms with Crippen LogP contribution in [0.1, 0.15) is 40.5 Å². The lowest BCUT2D eigenvalue weighted by Gasteiger charge is -2.19. The van der Waals surface area contributed by atoms with E-state index in [1.54, 1.807) is 13.8 Å². The van der Waals surface area contributed by atoms with Crippen LogP contribution in [-0.2, 0) is 23.8 Å². The maximum Gasteiger partial charge on any atom is 0.305 e. The summed E-state index contributed by atoms with van der Waals surface area (Å²) in [5.74, 6) is -0.955. The van der Waals surface area contributed by atoms with Gasteiger partial charge in [-0.1, -0.05) is 6.92 Å². The summed E-state index contributed by atoms with van der Waals surface area (Å²) in [6.45, 7) is 7.00. The van der Waals surface area contributed by atoms with Gasteiger partial charge in [0, 0.05) is 6.42 Å². The van der Waals surface area contributed by atoms with E-state index in [9.17, 15) is 9.59 Å². The van der Waals surface area contributed by atoms with Crippen LogP contribution in [0.5, 0.6) is 0 Å². The highest BCUT2D eigenvalue weighted by Crippen LogP contribution is 2.32. The zero-order valence-corrected chi connectivity index (χ0v) is 11.7. The van der Waals surface area contributed by atoms with Crippen molar-refractivity contribution in [2.45, 2.75) is 58.5 Å². The van der Waals surface area contributed by atoms with Crippen molar-refractivity contribution in [2.75, 3.05) is 7.11 Å². The number of hydrogen-bond donors (Lipinski definition) is 0. The Morgan fingerprint density at radius 3 is 2.44 bits per heavy atom. The van der Waals surface area contributed by atoms with Gasteiger partial charge >= 0.3 is 5.97 Å². The molecule has 0 bridgehead atoms. The molecule has 1 fully saturated rings. The van der Waals surface area contributed by atoms with Crippen molar-refractivity contribution in [1.82, 2.24) is 0 Å². The smallest absolute Gasteiger partial charge is 0.305 e. The average Bonchev–Trinajstić information content (AvgIpc) is 2.53. The minimum atomic E-state index is -0.744. The highest BCUT2D eigenvalue weighted by atomic mass is 16.8. The molecule has 0 saturated carbocycles. The van der Waals surface area contributed by atoms with E-state index < -0.39 is 11.9 Å². The molecule has 0 spiro atoms. The van der Waals surface area contributed by atoms with Crippen LogP contribution < -0.4 is 0 Å². The summed E-state index contributed by atoms with van der Waals surface area (Å²) in [4.78, 5) is 22.7. The van der Waals surface area contributed by atoms with Gasteiger partial charge in [-0.15, -0.1) is 0 Å². The van der Waals surface area contributed by atoms with E-state index in [1.165, 1.54) is 14.0 Å². The van der Waals surface area contributed by atoms with E-state index in [0.29, 0.717) is 12.8 Å². The SMILES string of the molecule is COC(=O)C[C@@H](C)C[C@H]1OC(C)(C)O[C@@H]1C(C)=O. The minimum absolute atomic E-state index is 0.0455. The second-order valence-corrected chi connectivity index (χ2v) is 5.33. The molecule has 1 saturated heterocycles. The molecule has 0 unspecified atom stereocenters. The van der Waals surface area contributed by atoms with Gasteiger partial charge in [0.25, 0.3) is 0 Å². The summed E-state index contributed by atoms with van der Waals surface area (Å²) >= 11 is 0. The Labute approximate surface area is 108 Å². The lowest BCUT2D eigenvalue weighted by Crippen LogP contribution is -2.31. The third-order valence-corrected chi connectivity index (χ3v) is 2.96. The lowest BCUT2D eigenvalue weighted by atomic mass is 9.96. The van der Waals surface area contributed by atoms with Gasteiger partial charge in [0.15, 0.2) is 11.6 Å². The van der Waals surface area contributed by atoms with Crippen LogP contribution in [0.15, 0.2) is 0 Å². The number of Topliss-reactive ketones (excluding diaryl/α,β-unsaturated/α-hetero) is 1. The van der Waals surface area contributed by atoms with Crippen LogP contribution in [0, 0.1) is 5.92 Å². The summed E-state index contributed by atoms with van der Waals surface area (Å²) in [6, 6.07) is 0. The van der Waals surface area contributed by atoms with E-state index in [1.807, 2.05) is 6.92 Å². The van der Waals surface area contributed by atoms with Crippen molar-refractivity contribution in [3.8, 4) is 0 Å². The molecule has 5 nitrogen and oxygen atoms in total. The van der Waals surface area contributed by atoms with E-state index in [2.05, 4.69) is 4.74 Å². The molecule has 0 aromatic heterocycles. The Bertz CT molecular complexity index is 323. The van der Waals surface area contributed by atoms with E-state index >= 15 is 0 Å². The largest absolute Gasteiger partial charge is 0.469 e. The van der Waals surface area contributed by atoms with Crippen LogP contribution in [0.2, 0.25) is 0 Å². The lowest BCUT2D eigenvalue weighted by molar-refractivity contribution is -0.154. The zero-order chi connectivity index (χ0) is 13.9. The van der Waals surface area contributed by atoms with E-state index in [0.717, 1.165) is 0 Å². The van der Waals surface area contributed by atoms with Crippen molar-refractivity contribution in [2.24, 2.45) is 5.92 Å². The predicted molar refractivity (Wildman–Crippen MR) is 64.9 cm³/mol. The zero-order valence-electron chi connectivity index (χ0n) is 11.7. The monoisotopic (exact) mass is 258 g/mol. The van der Waals surface area contributed by atoms with Crippen LogP contribution in [0.3, 0.4) is 0 Å². The standard InChI is InChI=1S/C13H22O5/c1-8(7-11(15)16-5)6-10-12(9(2)14)18-13(3,4)17-10/h8,10,12H,6-7H2,1-5H3/t8-,10+,12+/m0/s1. The number of ketones is 1. The number of ether oxygens (including phenoxy) is 3. The van der Waals surface area contributed by atoms with Gasteiger partial charge in [-0.2, -0.15) is 0 Å². The van der Waals surface area contributed by atoms with Crippen LogP contribution in [0.4, 0.5) is 0 Å².